The molecule has 0 aliphatic carbocycles. The van der Waals surface area contributed by atoms with E-state index in [0.29, 0.717) is 6.42 Å². The van der Waals surface area contributed by atoms with Gasteiger partial charge >= 0.3 is 5.97 Å². The first-order valence-corrected chi connectivity index (χ1v) is 3.06. The number of carboxylic acids is 1. The number of carbonyl (C=O) groups is 1. The molecular weight excluding hydrogens is 132 g/mol. The molecule has 0 radical (unpaired) electrons. The fourth-order valence-electron chi connectivity index (χ4n) is 0.506. The summed E-state index contributed by atoms with van der Waals surface area (Å²) in [5.41, 5.74) is 0.185. The summed E-state index contributed by atoms with van der Waals surface area (Å²) in [7, 11) is 3.39. The van der Waals surface area contributed by atoms with Crippen molar-refractivity contribution in [1.82, 2.24) is 5.01 Å². The zero-order valence-corrected chi connectivity index (χ0v) is 6.46. The second-order valence-corrected chi connectivity index (χ2v) is 2.05. The average molecular weight is 144 g/mol. The van der Waals surface area contributed by atoms with Crippen LogP contribution in [0, 0.1) is 0 Å². The predicted molar refractivity (Wildman–Crippen MR) is 39.0 cm³/mol. The molecule has 0 aromatic heterocycles. The van der Waals surface area contributed by atoms with Crippen LogP contribution in [-0.4, -0.2) is 35.9 Å². The van der Waals surface area contributed by atoms with Crippen LogP contribution in [-0.2, 0) is 4.79 Å². The van der Waals surface area contributed by atoms with Gasteiger partial charge in [0.05, 0.1) is 0 Å². The van der Waals surface area contributed by atoms with Crippen LogP contribution in [0.15, 0.2) is 5.10 Å². The first kappa shape index (κ1) is 8.94. The Morgan fingerprint density at radius 3 is 2.20 bits per heavy atom. The van der Waals surface area contributed by atoms with E-state index in [4.69, 9.17) is 5.11 Å². The van der Waals surface area contributed by atoms with Crippen molar-refractivity contribution in [1.29, 1.82) is 0 Å². The molecule has 0 saturated heterocycles. The Kier molecular flexibility index (Phi) is 3.46. The van der Waals surface area contributed by atoms with Gasteiger partial charge in [-0.15, -0.1) is 0 Å². The van der Waals surface area contributed by atoms with Crippen molar-refractivity contribution in [3.8, 4) is 0 Å². The quantitative estimate of drug-likeness (QED) is 0.460. The van der Waals surface area contributed by atoms with Crippen LogP contribution in [0.4, 0.5) is 0 Å². The summed E-state index contributed by atoms with van der Waals surface area (Å²) in [6.07, 6.45) is 0.452. The van der Waals surface area contributed by atoms with Crippen molar-refractivity contribution in [2.24, 2.45) is 5.10 Å². The van der Waals surface area contributed by atoms with Crippen molar-refractivity contribution in [3.05, 3.63) is 0 Å². The zero-order chi connectivity index (χ0) is 8.15. The van der Waals surface area contributed by atoms with Gasteiger partial charge in [0.25, 0.3) is 0 Å². The Labute approximate surface area is 60.1 Å². The monoisotopic (exact) mass is 144 g/mol. The molecule has 4 heteroatoms. The van der Waals surface area contributed by atoms with Gasteiger partial charge < -0.3 is 10.1 Å². The molecular formula is C6H12N2O2. The molecule has 0 heterocycles. The minimum Gasteiger partial charge on any atom is -0.477 e. The second kappa shape index (κ2) is 3.87. The first-order valence-electron chi connectivity index (χ1n) is 3.06. The normalized spacial score (nSPS) is 11.3. The van der Waals surface area contributed by atoms with Crippen LogP contribution in [0.2, 0.25) is 0 Å². The van der Waals surface area contributed by atoms with Gasteiger partial charge in [-0.1, -0.05) is 6.92 Å². The molecule has 0 unspecified atom stereocenters. The van der Waals surface area contributed by atoms with Gasteiger partial charge in [0, 0.05) is 14.1 Å². The third-order valence-corrected chi connectivity index (χ3v) is 0.902. The molecule has 0 atom stereocenters. The second-order valence-electron chi connectivity index (χ2n) is 2.05. The largest absolute Gasteiger partial charge is 0.477 e. The van der Waals surface area contributed by atoms with Crippen LogP contribution in [0.1, 0.15) is 13.3 Å². The molecule has 0 fully saturated rings. The third-order valence-electron chi connectivity index (χ3n) is 0.902. The Hall–Kier alpha value is -1.06. The summed E-state index contributed by atoms with van der Waals surface area (Å²) < 4.78 is 0. The summed E-state index contributed by atoms with van der Waals surface area (Å²) in [4.78, 5) is 10.3. The van der Waals surface area contributed by atoms with Crippen molar-refractivity contribution < 1.29 is 9.90 Å². The van der Waals surface area contributed by atoms with Gasteiger partial charge in [0.15, 0.2) is 0 Å². The smallest absolute Gasteiger partial charge is 0.352 e. The summed E-state index contributed by atoms with van der Waals surface area (Å²) in [6, 6.07) is 0. The zero-order valence-electron chi connectivity index (χ0n) is 6.46. The number of nitrogens with zero attached hydrogens (tertiary/aromatic N) is 2. The van der Waals surface area contributed by atoms with E-state index in [1.54, 1.807) is 21.0 Å². The van der Waals surface area contributed by atoms with E-state index in [2.05, 4.69) is 5.10 Å². The predicted octanol–water partition coefficient (Wildman–Crippen LogP) is 0.399. The van der Waals surface area contributed by atoms with Crippen LogP contribution in [0.3, 0.4) is 0 Å². The molecule has 58 valence electrons. The Bertz CT molecular complexity index is 152. The van der Waals surface area contributed by atoms with Crippen LogP contribution in [0.5, 0.6) is 0 Å². The van der Waals surface area contributed by atoms with Gasteiger partial charge in [0.2, 0.25) is 0 Å². The molecule has 0 rings (SSSR count). The lowest BCUT2D eigenvalue weighted by Crippen LogP contribution is -2.16. The van der Waals surface area contributed by atoms with Crippen molar-refractivity contribution in [2.75, 3.05) is 14.1 Å². The average Bonchev–Trinajstić information content (AvgIpc) is 1.81. The molecule has 0 bridgehead atoms. The molecule has 0 amide bonds. The maximum absolute atomic E-state index is 10.3. The van der Waals surface area contributed by atoms with Gasteiger partial charge in [0.1, 0.15) is 5.71 Å². The van der Waals surface area contributed by atoms with E-state index in [1.165, 1.54) is 5.01 Å². The van der Waals surface area contributed by atoms with E-state index in [-0.39, 0.29) is 5.71 Å². The number of aliphatic carboxylic acids is 1. The Morgan fingerprint density at radius 2 is 2.10 bits per heavy atom. The molecule has 0 aromatic rings. The van der Waals surface area contributed by atoms with Gasteiger partial charge in [-0.2, -0.15) is 5.10 Å². The van der Waals surface area contributed by atoms with E-state index in [9.17, 15) is 4.79 Å². The fourth-order valence-corrected chi connectivity index (χ4v) is 0.506. The van der Waals surface area contributed by atoms with E-state index in [1.807, 2.05) is 0 Å². The standard InChI is InChI=1S/C6H12N2O2/c1-4-5(6(9)10)7-8(2)3/h4H2,1-3H3,(H,9,10). The SMILES string of the molecule is CCC(=NN(C)C)C(=O)O. The lowest BCUT2D eigenvalue weighted by atomic mass is 10.3. The molecule has 0 spiro atoms. The lowest BCUT2D eigenvalue weighted by molar-refractivity contribution is -0.129. The highest BCUT2D eigenvalue weighted by atomic mass is 16.4. The summed E-state index contributed by atoms with van der Waals surface area (Å²) in [5, 5.41) is 13.7. The van der Waals surface area contributed by atoms with Crippen molar-refractivity contribution in [2.45, 2.75) is 13.3 Å². The number of rotatable bonds is 3. The Balaban J connectivity index is 4.19. The van der Waals surface area contributed by atoms with Gasteiger partial charge in [-0.3, -0.25) is 0 Å². The maximum atomic E-state index is 10.3. The lowest BCUT2D eigenvalue weighted by Gasteiger charge is -2.04. The summed E-state index contributed by atoms with van der Waals surface area (Å²) in [5.74, 6) is -0.948. The molecule has 4 nitrogen and oxygen atoms in total. The number of hydrogen-bond donors (Lipinski definition) is 1. The molecule has 0 aromatic carbocycles. The fraction of sp³-hybridized carbons (Fsp3) is 0.667. The molecule has 0 saturated carbocycles. The third kappa shape index (κ3) is 3.06. The highest BCUT2D eigenvalue weighted by molar-refractivity contribution is 6.35. The molecule has 10 heavy (non-hydrogen) atoms. The maximum Gasteiger partial charge on any atom is 0.352 e. The van der Waals surface area contributed by atoms with Gasteiger partial charge in [-0.05, 0) is 6.42 Å². The van der Waals surface area contributed by atoms with Crippen LogP contribution >= 0.6 is 0 Å². The Morgan fingerprint density at radius 1 is 1.60 bits per heavy atom. The molecule has 0 aliphatic heterocycles. The first-order chi connectivity index (χ1) is 4.57. The summed E-state index contributed by atoms with van der Waals surface area (Å²) >= 11 is 0. The molecule has 0 aliphatic rings. The van der Waals surface area contributed by atoms with Crippen molar-refractivity contribution in [3.63, 3.8) is 0 Å². The van der Waals surface area contributed by atoms with Crippen molar-refractivity contribution >= 4 is 11.7 Å². The van der Waals surface area contributed by atoms with Gasteiger partial charge in [-0.25, -0.2) is 4.79 Å². The van der Waals surface area contributed by atoms with Crippen LogP contribution < -0.4 is 0 Å². The highest BCUT2D eigenvalue weighted by Gasteiger charge is 2.05. The topological polar surface area (TPSA) is 52.9 Å². The number of carboxylic acid groups (broad SMARTS) is 1. The minimum absolute atomic E-state index is 0.185. The van der Waals surface area contributed by atoms with Crippen LogP contribution in [0.25, 0.3) is 0 Å². The number of hydrogen-bond acceptors (Lipinski definition) is 3. The highest BCUT2D eigenvalue weighted by Crippen LogP contribution is 1.87. The minimum atomic E-state index is -0.948. The molecule has 1 N–H and O–H groups in total. The van der Waals surface area contributed by atoms with E-state index >= 15 is 0 Å². The van der Waals surface area contributed by atoms with E-state index < -0.39 is 5.97 Å². The number of hydrazone groups is 1. The summed E-state index contributed by atoms with van der Waals surface area (Å²) in [6.45, 7) is 1.76. The van der Waals surface area contributed by atoms with E-state index in [0.717, 1.165) is 0 Å².